The summed E-state index contributed by atoms with van der Waals surface area (Å²) >= 11 is 0. The lowest BCUT2D eigenvalue weighted by Gasteiger charge is -2.18. The van der Waals surface area contributed by atoms with Gasteiger partial charge in [0, 0.05) is 0 Å². The monoisotopic (exact) mass is 602 g/mol. The van der Waals surface area contributed by atoms with Crippen molar-refractivity contribution >= 4 is 37.0 Å². The maximum Gasteiger partial charge on any atom is 0.242 e. The van der Waals surface area contributed by atoms with Gasteiger partial charge in [0.1, 0.15) is 22.3 Å². The summed E-state index contributed by atoms with van der Waals surface area (Å²) < 4.78 is 56.4. The molecule has 2 atom stereocenters. The molecule has 5 aromatic rings. The number of phenols is 1. The number of aromatic hydroxyl groups is 1. The molecule has 2 heterocycles. The van der Waals surface area contributed by atoms with Gasteiger partial charge >= 0.3 is 0 Å². The van der Waals surface area contributed by atoms with Crippen LogP contribution in [0.5, 0.6) is 5.75 Å². The second-order valence-corrected chi connectivity index (χ2v) is 13.6. The second-order valence-electron chi connectivity index (χ2n) is 10.1. The SMILES string of the molecule is O=C1CC(c2ccc(C[C@H](NS(=O)(=O)c3ccc(-c4ccccc4)cc3)c3nc4cccc(O)c4[nH]3)cc2)S(=O)(=O)N1. The third kappa shape index (κ3) is 5.51. The number of fused-ring (bicyclic) bond motifs is 1. The van der Waals surface area contributed by atoms with Crippen molar-refractivity contribution in [3.63, 3.8) is 0 Å². The molecule has 1 fully saturated rings. The maximum atomic E-state index is 13.6. The summed E-state index contributed by atoms with van der Waals surface area (Å²) in [5.41, 5.74) is 3.85. The fraction of sp³-hybridized carbons (Fsp3) is 0.133. The lowest BCUT2D eigenvalue weighted by Crippen LogP contribution is -2.31. The number of nitrogens with one attached hydrogen (secondary N) is 3. The number of phenolic OH excluding ortho intramolecular Hbond substituents is 1. The first-order valence-electron chi connectivity index (χ1n) is 13.1. The van der Waals surface area contributed by atoms with Gasteiger partial charge in [0.2, 0.25) is 26.0 Å². The van der Waals surface area contributed by atoms with E-state index in [0.29, 0.717) is 28.0 Å². The van der Waals surface area contributed by atoms with Crippen molar-refractivity contribution in [3.8, 4) is 16.9 Å². The summed E-state index contributed by atoms with van der Waals surface area (Å²) in [4.78, 5) is 19.3. The van der Waals surface area contributed by atoms with Crippen LogP contribution in [-0.4, -0.2) is 37.8 Å². The normalized spacial score (nSPS) is 17.2. The third-order valence-electron chi connectivity index (χ3n) is 7.21. The lowest BCUT2D eigenvalue weighted by molar-refractivity contribution is -0.118. The molecule has 0 radical (unpaired) electrons. The predicted octanol–water partition coefficient (Wildman–Crippen LogP) is 4.09. The summed E-state index contributed by atoms with van der Waals surface area (Å²) in [6.07, 6.45) is 0.00638. The highest BCUT2D eigenvalue weighted by molar-refractivity contribution is 7.90. The average molecular weight is 603 g/mol. The van der Waals surface area contributed by atoms with Crippen LogP contribution in [0.4, 0.5) is 0 Å². The van der Waals surface area contributed by atoms with E-state index in [4.69, 9.17) is 0 Å². The average Bonchev–Trinajstić information content (AvgIpc) is 3.54. The minimum absolute atomic E-state index is 0.0189. The number of rotatable bonds is 8. The summed E-state index contributed by atoms with van der Waals surface area (Å²) in [7, 11) is -7.81. The van der Waals surface area contributed by atoms with Gasteiger partial charge in [-0.25, -0.2) is 26.5 Å². The van der Waals surface area contributed by atoms with Crippen molar-refractivity contribution in [3.05, 3.63) is 114 Å². The molecule has 0 saturated carbocycles. The van der Waals surface area contributed by atoms with E-state index in [2.05, 4.69) is 14.7 Å². The molecule has 1 saturated heterocycles. The fourth-order valence-electron chi connectivity index (χ4n) is 5.06. The Hall–Kier alpha value is -4.52. The number of hydrogen-bond acceptors (Lipinski definition) is 7. The van der Waals surface area contributed by atoms with Gasteiger partial charge in [-0.3, -0.25) is 9.52 Å². The highest BCUT2D eigenvalue weighted by Gasteiger charge is 2.37. The Morgan fingerprint density at radius 2 is 1.60 bits per heavy atom. The molecule has 1 amide bonds. The molecule has 1 aliphatic heterocycles. The second kappa shape index (κ2) is 10.7. The van der Waals surface area contributed by atoms with Crippen molar-refractivity contribution in [1.82, 2.24) is 19.4 Å². The molecule has 6 rings (SSSR count). The van der Waals surface area contributed by atoms with Crippen LogP contribution in [0.25, 0.3) is 22.2 Å². The minimum atomic E-state index is -4.01. The molecule has 1 aliphatic rings. The summed E-state index contributed by atoms with van der Waals surface area (Å²) in [6, 6.07) is 26.8. The van der Waals surface area contributed by atoms with Crippen molar-refractivity contribution in [2.24, 2.45) is 0 Å². The number of hydrogen-bond donors (Lipinski definition) is 4. The molecular weight excluding hydrogens is 576 g/mol. The molecule has 1 aromatic heterocycles. The zero-order valence-corrected chi connectivity index (χ0v) is 23.7. The Bertz CT molecular complexity index is 1990. The van der Waals surface area contributed by atoms with Gasteiger partial charge < -0.3 is 10.1 Å². The zero-order chi connectivity index (χ0) is 29.5. The Morgan fingerprint density at radius 1 is 0.905 bits per heavy atom. The van der Waals surface area contributed by atoms with Crippen molar-refractivity contribution in [2.45, 2.75) is 29.0 Å². The molecular formula is C30H26N4O6S2. The number of imidazole rings is 1. The first kappa shape index (κ1) is 27.6. The van der Waals surface area contributed by atoms with Crippen LogP contribution >= 0.6 is 0 Å². The van der Waals surface area contributed by atoms with Crippen LogP contribution < -0.4 is 9.44 Å². The number of benzene rings is 4. The van der Waals surface area contributed by atoms with Gasteiger partial charge in [-0.05, 0) is 52.9 Å². The molecule has 0 bridgehead atoms. The molecule has 4 aromatic carbocycles. The van der Waals surface area contributed by atoms with E-state index >= 15 is 0 Å². The van der Waals surface area contributed by atoms with Crippen LogP contribution in [0.1, 0.15) is 34.7 Å². The van der Waals surface area contributed by atoms with Gasteiger partial charge in [0.25, 0.3) is 0 Å². The van der Waals surface area contributed by atoms with Gasteiger partial charge in [-0.1, -0.05) is 72.8 Å². The zero-order valence-electron chi connectivity index (χ0n) is 22.1. The van der Waals surface area contributed by atoms with E-state index in [1.807, 2.05) is 35.1 Å². The lowest BCUT2D eigenvalue weighted by atomic mass is 10.0. The van der Waals surface area contributed by atoms with E-state index in [1.54, 1.807) is 60.7 Å². The van der Waals surface area contributed by atoms with Crippen LogP contribution in [-0.2, 0) is 31.3 Å². The first-order chi connectivity index (χ1) is 20.1. The fourth-order valence-corrected chi connectivity index (χ4v) is 7.69. The summed E-state index contributed by atoms with van der Waals surface area (Å²) in [5, 5.41) is 9.31. The van der Waals surface area contributed by atoms with Crippen LogP contribution in [0.15, 0.2) is 102 Å². The summed E-state index contributed by atoms with van der Waals surface area (Å²) in [6.45, 7) is 0. The maximum absolute atomic E-state index is 13.6. The van der Waals surface area contributed by atoms with E-state index in [1.165, 1.54) is 6.07 Å². The highest BCUT2D eigenvalue weighted by atomic mass is 32.2. The first-order valence-corrected chi connectivity index (χ1v) is 16.1. The van der Waals surface area contributed by atoms with Crippen molar-refractivity contribution in [2.75, 3.05) is 0 Å². The number of aromatic amines is 1. The smallest absolute Gasteiger partial charge is 0.242 e. The summed E-state index contributed by atoms with van der Waals surface area (Å²) in [5.74, 6) is -0.272. The number of H-pyrrole nitrogens is 1. The van der Waals surface area contributed by atoms with E-state index in [0.717, 1.165) is 11.1 Å². The molecule has 214 valence electrons. The number of amides is 1. The van der Waals surface area contributed by atoms with Gasteiger partial charge in [-0.15, -0.1) is 0 Å². The Labute approximate surface area is 242 Å². The quantitative estimate of drug-likeness (QED) is 0.208. The largest absolute Gasteiger partial charge is 0.506 e. The van der Waals surface area contributed by atoms with E-state index in [-0.39, 0.29) is 23.5 Å². The topological polar surface area (TPSA) is 158 Å². The molecule has 0 aliphatic carbocycles. The molecule has 42 heavy (non-hydrogen) atoms. The highest BCUT2D eigenvalue weighted by Crippen LogP contribution is 2.31. The molecule has 1 unspecified atom stereocenters. The van der Waals surface area contributed by atoms with Gasteiger partial charge in [0.05, 0.1) is 22.9 Å². The third-order valence-corrected chi connectivity index (χ3v) is 10.4. The van der Waals surface area contributed by atoms with Crippen LogP contribution in [0, 0.1) is 0 Å². The minimum Gasteiger partial charge on any atom is -0.506 e. The standard InChI is InChI=1S/C30H26N4O6S2/c35-26-8-4-7-24-29(26)32-30(31-24)25(17-19-9-11-22(12-10-19)27-18-28(36)34-42(27,39)40)33-41(37,38)23-15-13-21(14-16-23)20-5-2-1-3-6-20/h1-16,25,27,33,35H,17-18H2,(H,31,32)(H,34,36)/t25-,27?/m0/s1. The number of carbonyl (C=O) groups excluding carboxylic acids is 1. The number of sulfonamides is 2. The van der Waals surface area contributed by atoms with E-state index in [9.17, 15) is 26.7 Å². The molecule has 4 N–H and O–H groups in total. The van der Waals surface area contributed by atoms with Crippen molar-refractivity contribution < 1.29 is 26.7 Å². The number of aromatic nitrogens is 2. The Kier molecular flexibility index (Phi) is 7.05. The van der Waals surface area contributed by atoms with Crippen LogP contribution in [0.2, 0.25) is 0 Å². The Morgan fingerprint density at radius 3 is 2.24 bits per heavy atom. The van der Waals surface area contributed by atoms with Crippen molar-refractivity contribution in [1.29, 1.82) is 0 Å². The van der Waals surface area contributed by atoms with Gasteiger partial charge in [0.15, 0.2) is 0 Å². The molecule has 0 spiro atoms. The van der Waals surface area contributed by atoms with Gasteiger partial charge in [-0.2, -0.15) is 0 Å². The van der Waals surface area contributed by atoms with Crippen LogP contribution in [0.3, 0.4) is 0 Å². The molecule has 12 heteroatoms. The molecule has 10 nitrogen and oxygen atoms in total. The number of nitrogens with zero attached hydrogens (tertiary/aromatic N) is 1. The van der Waals surface area contributed by atoms with E-state index < -0.39 is 37.2 Å². The number of carbonyl (C=O) groups is 1. The number of para-hydroxylation sites is 1. The predicted molar refractivity (Wildman–Crippen MR) is 157 cm³/mol. The Balaban J connectivity index is 1.31.